The van der Waals surface area contributed by atoms with E-state index in [0.717, 1.165) is 17.0 Å². The van der Waals surface area contributed by atoms with Crippen molar-refractivity contribution in [2.75, 3.05) is 0 Å². The summed E-state index contributed by atoms with van der Waals surface area (Å²) in [5, 5.41) is 29.3. The largest absolute Gasteiger partial charge is 0.454 e. The molecule has 0 amide bonds. The summed E-state index contributed by atoms with van der Waals surface area (Å²) in [4.78, 5) is 0. The van der Waals surface area contributed by atoms with Crippen LogP contribution >= 0.6 is 0 Å². The molecule has 0 aliphatic heterocycles. The average Bonchev–Trinajstić information content (AvgIpc) is 2.80. The summed E-state index contributed by atoms with van der Waals surface area (Å²) in [5.41, 5.74) is 1.29. The lowest BCUT2D eigenvalue weighted by Crippen LogP contribution is -1.96. The van der Waals surface area contributed by atoms with E-state index in [1.807, 2.05) is 36.4 Å². The number of aliphatic hydroxyl groups is 2. The first-order chi connectivity index (χ1) is 14.6. The van der Waals surface area contributed by atoms with Gasteiger partial charge in [0.1, 0.15) is 5.75 Å². The quantitative estimate of drug-likeness (QED) is 0.443. The molecule has 0 fully saturated rings. The molecule has 1 unspecified atom stereocenters. The molecule has 5 heteroatoms. The van der Waals surface area contributed by atoms with Crippen molar-refractivity contribution in [3.8, 4) is 17.6 Å². The lowest BCUT2D eigenvalue weighted by Gasteiger charge is -2.09. The number of halogens is 1. The van der Waals surface area contributed by atoms with Crippen LogP contribution in [0, 0.1) is 17.1 Å². The summed E-state index contributed by atoms with van der Waals surface area (Å²) in [6, 6.07) is 28.3. The molecule has 0 radical (unpaired) electrons. The molecule has 30 heavy (non-hydrogen) atoms. The number of aliphatic hydroxyl groups excluding tert-OH is 2. The molecular weight excluding hydrogens is 381 g/mol. The van der Waals surface area contributed by atoms with Crippen molar-refractivity contribution in [1.82, 2.24) is 0 Å². The van der Waals surface area contributed by atoms with Gasteiger partial charge in [0.2, 0.25) is 0 Å². The van der Waals surface area contributed by atoms with E-state index >= 15 is 0 Å². The normalized spacial score (nSPS) is 11.1. The molecule has 2 N–H and O–H groups in total. The molecule has 4 rings (SSSR count). The Hall–Kier alpha value is -3.72. The van der Waals surface area contributed by atoms with Gasteiger partial charge in [-0.15, -0.1) is 0 Å². The fourth-order valence-corrected chi connectivity index (χ4v) is 2.89. The minimum atomic E-state index is -1.29. The highest BCUT2D eigenvalue weighted by atomic mass is 19.1. The van der Waals surface area contributed by atoms with Crippen LogP contribution < -0.4 is 4.74 Å². The van der Waals surface area contributed by atoms with E-state index in [0.29, 0.717) is 11.3 Å². The van der Waals surface area contributed by atoms with Gasteiger partial charge < -0.3 is 14.9 Å². The van der Waals surface area contributed by atoms with Crippen LogP contribution in [-0.4, -0.2) is 10.2 Å². The van der Waals surface area contributed by atoms with Crippen molar-refractivity contribution < 1.29 is 19.3 Å². The minimum Gasteiger partial charge on any atom is -0.454 e. The second kappa shape index (κ2) is 10.2. The van der Waals surface area contributed by atoms with E-state index < -0.39 is 11.9 Å². The predicted octanol–water partition coefficient (Wildman–Crippen LogP) is 5.51. The van der Waals surface area contributed by atoms with E-state index in [1.165, 1.54) is 17.5 Å². The summed E-state index contributed by atoms with van der Waals surface area (Å²) in [6.45, 7) is 0.112. The van der Waals surface area contributed by atoms with E-state index in [9.17, 15) is 9.50 Å². The van der Waals surface area contributed by atoms with E-state index in [-0.39, 0.29) is 12.4 Å². The van der Waals surface area contributed by atoms with Crippen molar-refractivity contribution in [3.05, 3.63) is 108 Å². The molecule has 0 aliphatic rings. The van der Waals surface area contributed by atoms with E-state index in [1.54, 1.807) is 30.3 Å². The fourth-order valence-electron chi connectivity index (χ4n) is 2.89. The maximum absolute atomic E-state index is 13.5. The van der Waals surface area contributed by atoms with Gasteiger partial charge in [0.15, 0.2) is 17.7 Å². The zero-order valence-electron chi connectivity index (χ0n) is 16.1. The molecule has 0 spiro atoms. The van der Waals surface area contributed by atoms with Crippen molar-refractivity contribution >= 4 is 10.8 Å². The third-order valence-corrected chi connectivity index (χ3v) is 4.41. The van der Waals surface area contributed by atoms with Gasteiger partial charge in [0.25, 0.3) is 0 Å². The Balaban J connectivity index is 0.000000184. The number of benzene rings is 4. The van der Waals surface area contributed by atoms with Crippen molar-refractivity contribution in [2.24, 2.45) is 0 Å². The van der Waals surface area contributed by atoms with Crippen LogP contribution in [-0.2, 0) is 6.61 Å². The van der Waals surface area contributed by atoms with Crippen LogP contribution in [0.3, 0.4) is 0 Å². The standard InChI is InChI=1S/C14H10FNO2.C11H10O/c15-12-7-6-10(13(17)9-16)8-14(12)18-11-4-2-1-3-5-11;12-8-10-6-3-5-9-4-1-2-7-11(9)10/h1-8,13,17H;1-7,12H,8H2. The number of fused-ring (bicyclic) bond motifs is 1. The monoisotopic (exact) mass is 401 g/mol. The van der Waals surface area contributed by atoms with Crippen LogP contribution in [0.5, 0.6) is 11.5 Å². The second-order valence-corrected chi connectivity index (χ2v) is 6.43. The summed E-state index contributed by atoms with van der Waals surface area (Å²) in [7, 11) is 0. The summed E-state index contributed by atoms with van der Waals surface area (Å²) < 4.78 is 18.9. The van der Waals surface area contributed by atoms with Crippen molar-refractivity contribution in [2.45, 2.75) is 12.7 Å². The zero-order chi connectivity index (χ0) is 21.3. The van der Waals surface area contributed by atoms with Gasteiger partial charge in [-0.05, 0) is 46.2 Å². The first kappa shape index (κ1) is 21.0. The molecule has 4 aromatic rings. The van der Waals surface area contributed by atoms with Gasteiger partial charge in [0.05, 0.1) is 12.7 Å². The molecule has 0 heterocycles. The molecular formula is C25H20FNO3. The van der Waals surface area contributed by atoms with Crippen LogP contribution in [0.1, 0.15) is 17.2 Å². The zero-order valence-corrected chi connectivity index (χ0v) is 16.1. The first-order valence-corrected chi connectivity index (χ1v) is 9.30. The lowest BCUT2D eigenvalue weighted by molar-refractivity contribution is 0.235. The van der Waals surface area contributed by atoms with Crippen LogP contribution in [0.2, 0.25) is 0 Å². The van der Waals surface area contributed by atoms with Crippen LogP contribution in [0.4, 0.5) is 4.39 Å². The van der Waals surface area contributed by atoms with Gasteiger partial charge in [0, 0.05) is 0 Å². The Morgan fingerprint density at radius 2 is 1.60 bits per heavy atom. The first-order valence-electron chi connectivity index (χ1n) is 9.30. The van der Waals surface area contributed by atoms with Gasteiger partial charge in [-0.1, -0.05) is 66.7 Å². The number of rotatable bonds is 4. The average molecular weight is 401 g/mol. The van der Waals surface area contributed by atoms with Gasteiger partial charge in [-0.25, -0.2) is 4.39 Å². The molecule has 4 nitrogen and oxygen atoms in total. The van der Waals surface area contributed by atoms with Gasteiger partial charge >= 0.3 is 0 Å². The predicted molar refractivity (Wildman–Crippen MR) is 113 cm³/mol. The van der Waals surface area contributed by atoms with Gasteiger partial charge in [-0.3, -0.25) is 0 Å². The second-order valence-electron chi connectivity index (χ2n) is 6.43. The molecule has 150 valence electrons. The SMILES string of the molecule is N#CC(O)c1ccc(F)c(Oc2ccccc2)c1.OCc1cccc2ccccc12. The third-order valence-electron chi connectivity index (χ3n) is 4.41. The number of hydrogen-bond donors (Lipinski definition) is 2. The molecule has 1 atom stereocenters. The minimum absolute atomic E-state index is 0.0204. The summed E-state index contributed by atoms with van der Waals surface area (Å²) >= 11 is 0. The fraction of sp³-hybridized carbons (Fsp3) is 0.0800. The maximum atomic E-state index is 13.5. The molecule has 4 aromatic carbocycles. The molecule has 0 bridgehead atoms. The number of ether oxygens (including phenoxy) is 1. The Bertz CT molecular complexity index is 1150. The highest BCUT2D eigenvalue weighted by molar-refractivity contribution is 5.85. The summed E-state index contributed by atoms with van der Waals surface area (Å²) in [5.74, 6) is -0.0826. The van der Waals surface area contributed by atoms with Gasteiger partial charge in [-0.2, -0.15) is 5.26 Å². The smallest absolute Gasteiger partial charge is 0.166 e. The van der Waals surface area contributed by atoms with E-state index in [4.69, 9.17) is 15.1 Å². The van der Waals surface area contributed by atoms with Crippen molar-refractivity contribution in [3.63, 3.8) is 0 Å². The van der Waals surface area contributed by atoms with E-state index in [2.05, 4.69) is 12.1 Å². The Morgan fingerprint density at radius 3 is 2.33 bits per heavy atom. The Kier molecular flexibility index (Phi) is 7.12. The highest BCUT2D eigenvalue weighted by Gasteiger charge is 2.11. The maximum Gasteiger partial charge on any atom is 0.166 e. The Morgan fingerprint density at radius 1 is 0.900 bits per heavy atom. The number of nitrogens with zero attached hydrogens (tertiary/aromatic N) is 1. The highest BCUT2D eigenvalue weighted by Crippen LogP contribution is 2.27. The van der Waals surface area contributed by atoms with Crippen LogP contribution in [0.25, 0.3) is 10.8 Å². The molecule has 0 saturated heterocycles. The topological polar surface area (TPSA) is 73.5 Å². The molecule has 0 aliphatic carbocycles. The molecule has 0 saturated carbocycles. The lowest BCUT2D eigenvalue weighted by atomic mass is 10.1. The third kappa shape index (κ3) is 5.21. The van der Waals surface area contributed by atoms with Crippen LogP contribution in [0.15, 0.2) is 91.0 Å². The number of nitriles is 1. The Labute approximate surface area is 174 Å². The molecule has 0 aromatic heterocycles. The number of para-hydroxylation sites is 1. The summed E-state index contributed by atoms with van der Waals surface area (Å²) in [6.07, 6.45) is -1.29. The number of hydrogen-bond acceptors (Lipinski definition) is 4. The van der Waals surface area contributed by atoms with Crippen molar-refractivity contribution in [1.29, 1.82) is 5.26 Å².